The summed E-state index contributed by atoms with van der Waals surface area (Å²) in [5, 5.41) is 9.40. The topological polar surface area (TPSA) is 121 Å². The summed E-state index contributed by atoms with van der Waals surface area (Å²) in [6, 6.07) is -0.807. The van der Waals surface area contributed by atoms with Gasteiger partial charge in [-0.15, -0.1) is 0 Å². The Morgan fingerprint density at radius 2 is 0.787 bits per heavy atom. The first-order chi connectivity index (χ1) is 23.0. The van der Waals surface area contributed by atoms with Crippen LogP contribution in [-0.2, 0) is 23.9 Å². The van der Waals surface area contributed by atoms with Crippen LogP contribution in [0.15, 0.2) is 0 Å². The molecule has 0 aromatic carbocycles. The highest BCUT2D eigenvalue weighted by molar-refractivity contribution is 5.80. The number of aliphatic hydroxyl groups is 1. The number of unbranched alkanes of at least 4 members (excludes halogenated alkanes) is 24. The van der Waals surface area contributed by atoms with Crippen molar-refractivity contribution in [3.8, 4) is 0 Å². The lowest BCUT2D eigenvalue weighted by atomic mass is 10.0. The van der Waals surface area contributed by atoms with Gasteiger partial charge in [-0.2, -0.15) is 0 Å². The van der Waals surface area contributed by atoms with E-state index in [1.54, 1.807) is 0 Å². The molecule has 0 aliphatic carbocycles. The van der Waals surface area contributed by atoms with Gasteiger partial charge >= 0.3 is 11.9 Å². The van der Waals surface area contributed by atoms with Crippen LogP contribution in [0.3, 0.4) is 0 Å². The fraction of sp³-hybridized carbons (Fsp3) is 0.923. The summed E-state index contributed by atoms with van der Waals surface area (Å²) >= 11 is 0. The molecule has 0 radical (unpaired) electrons. The summed E-state index contributed by atoms with van der Waals surface area (Å²) in [5.41, 5.74) is 3.71. The summed E-state index contributed by atoms with van der Waals surface area (Å²) in [4.78, 5) is 38.5. The lowest BCUT2D eigenvalue weighted by Crippen LogP contribution is -2.70. The molecule has 1 unspecified atom stereocenters. The van der Waals surface area contributed by atoms with E-state index in [0.717, 1.165) is 38.5 Å². The van der Waals surface area contributed by atoms with Crippen LogP contribution in [0.2, 0.25) is 0 Å². The molecule has 0 spiro atoms. The molecule has 278 valence electrons. The van der Waals surface area contributed by atoms with E-state index in [-0.39, 0.29) is 50.8 Å². The molecule has 1 amide bonds. The van der Waals surface area contributed by atoms with Crippen molar-refractivity contribution in [3.05, 3.63) is 0 Å². The number of hydrogen-bond acceptors (Lipinski definition) is 6. The minimum atomic E-state index is -0.807. The number of aliphatic hydroxyl groups excluding tert-OH is 1. The van der Waals surface area contributed by atoms with Gasteiger partial charge in [-0.25, -0.2) is 0 Å². The fourth-order valence-electron chi connectivity index (χ4n) is 5.93. The quantitative estimate of drug-likeness (QED) is 0.0510. The number of esters is 2. The van der Waals surface area contributed by atoms with Gasteiger partial charge in [0.2, 0.25) is 0 Å². The van der Waals surface area contributed by atoms with Crippen LogP contribution in [-0.4, -0.2) is 66.8 Å². The Morgan fingerprint density at radius 1 is 0.511 bits per heavy atom. The normalized spacial score (nSPS) is 11.8. The third kappa shape index (κ3) is 31.4. The Morgan fingerprint density at radius 3 is 1.06 bits per heavy atom. The van der Waals surface area contributed by atoms with Crippen LogP contribution in [0, 0.1) is 0 Å². The van der Waals surface area contributed by atoms with Gasteiger partial charge in [-0.3, -0.25) is 14.4 Å². The van der Waals surface area contributed by atoms with Gasteiger partial charge in [0.1, 0.15) is 19.8 Å². The number of carbonyl (C=O) groups is 3. The number of nitrogens with zero attached hydrogens (tertiary/aromatic N) is 1. The van der Waals surface area contributed by atoms with Gasteiger partial charge in [0, 0.05) is 12.8 Å². The van der Waals surface area contributed by atoms with Crippen molar-refractivity contribution in [2.45, 2.75) is 200 Å². The highest BCUT2D eigenvalue weighted by Gasteiger charge is 2.23. The standard InChI is InChI=1S/C39H76N2O6/c1-3-5-7-9-11-13-15-17-19-21-23-25-27-29-37(43)46-33-31-41(39(45)36(40)35-42)32-34-47-38(44)30-28-26-24-22-20-18-16-14-12-10-8-6-4-2/h36,42H,3-35,40H2,1-2H3/p+1. The highest BCUT2D eigenvalue weighted by Crippen LogP contribution is 2.14. The number of amides is 1. The molecule has 0 bridgehead atoms. The third-order valence-electron chi connectivity index (χ3n) is 9.10. The molecule has 0 heterocycles. The number of quaternary nitrogens is 1. The molecular weight excluding hydrogens is 592 g/mol. The van der Waals surface area contributed by atoms with E-state index in [4.69, 9.17) is 9.47 Å². The van der Waals surface area contributed by atoms with E-state index in [1.165, 1.54) is 133 Å². The maximum atomic E-state index is 12.7. The smallest absolute Gasteiger partial charge is 0.305 e. The maximum Gasteiger partial charge on any atom is 0.305 e. The lowest BCUT2D eigenvalue weighted by Gasteiger charge is -2.23. The Balaban J connectivity index is 3.92. The predicted molar refractivity (Wildman–Crippen MR) is 193 cm³/mol. The number of hydrogen-bond donors (Lipinski definition) is 2. The van der Waals surface area contributed by atoms with E-state index in [9.17, 15) is 19.5 Å². The Hall–Kier alpha value is -1.67. The second-order valence-corrected chi connectivity index (χ2v) is 13.6. The largest absolute Gasteiger partial charge is 0.464 e. The van der Waals surface area contributed by atoms with Crippen LogP contribution >= 0.6 is 0 Å². The molecule has 8 nitrogen and oxygen atoms in total. The Labute approximate surface area is 289 Å². The maximum absolute atomic E-state index is 12.7. The SMILES string of the molecule is CCCCCCCCCCCCCCCC(=O)OCCN(CCOC(=O)CCCCCCCCCCCCCCC)C(=O)C([NH3+])CO. The van der Waals surface area contributed by atoms with Crippen molar-refractivity contribution < 1.29 is 34.7 Å². The van der Waals surface area contributed by atoms with Gasteiger partial charge in [0.25, 0.3) is 5.91 Å². The summed E-state index contributed by atoms with van der Waals surface area (Å²) < 4.78 is 10.8. The predicted octanol–water partition coefficient (Wildman–Crippen LogP) is 8.47. The van der Waals surface area contributed by atoms with E-state index in [2.05, 4.69) is 19.6 Å². The molecular formula is C39H77N2O6+. The number of rotatable bonds is 36. The average molecular weight is 670 g/mol. The number of carbonyl (C=O) groups excluding carboxylic acids is 3. The van der Waals surface area contributed by atoms with Crippen LogP contribution in [0.1, 0.15) is 194 Å². The summed E-state index contributed by atoms with van der Waals surface area (Å²) in [5.74, 6) is -0.844. The summed E-state index contributed by atoms with van der Waals surface area (Å²) in [6.45, 7) is 4.67. The van der Waals surface area contributed by atoms with Crippen LogP contribution in [0.5, 0.6) is 0 Å². The van der Waals surface area contributed by atoms with Crippen LogP contribution in [0.25, 0.3) is 0 Å². The lowest BCUT2D eigenvalue weighted by molar-refractivity contribution is -0.411. The molecule has 1 atom stereocenters. The second-order valence-electron chi connectivity index (χ2n) is 13.6. The molecule has 0 aromatic heterocycles. The van der Waals surface area contributed by atoms with E-state index >= 15 is 0 Å². The second kappa shape index (κ2) is 35.6. The zero-order valence-corrected chi connectivity index (χ0v) is 31.1. The molecule has 0 saturated heterocycles. The molecule has 0 fully saturated rings. The Kier molecular flexibility index (Phi) is 34.4. The first-order valence-corrected chi connectivity index (χ1v) is 20.0. The molecule has 4 N–H and O–H groups in total. The van der Waals surface area contributed by atoms with Crippen molar-refractivity contribution >= 4 is 17.8 Å². The zero-order chi connectivity index (χ0) is 34.6. The van der Waals surface area contributed by atoms with Crippen molar-refractivity contribution in [2.24, 2.45) is 0 Å². The first kappa shape index (κ1) is 45.3. The third-order valence-corrected chi connectivity index (χ3v) is 9.10. The van der Waals surface area contributed by atoms with Crippen molar-refractivity contribution in [3.63, 3.8) is 0 Å². The highest BCUT2D eigenvalue weighted by atomic mass is 16.5. The molecule has 47 heavy (non-hydrogen) atoms. The molecule has 0 aliphatic rings. The van der Waals surface area contributed by atoms with Crippen molar-refractivity contribution in [2.75, 3.05) is 32.9 Å². The summed E-state index contributed by atoms with van der Waals surface area (Å²) in [7, 11) is 0. The van der Waals surface area contributed by atoms with Crippen LogP contribution in [0.4, 0.5) is 0 Å². The molecule has 0 rings (SSSR count). The van der Waals surface area contributed by atoms with Crippen molar-refractivity contribution in [1.29, 1.82) is 0 Å². The minimum Gasteiger partial charge on any atom is -0.464 e. The van der Waals surface area contributed by atoms with Gasteiger partial charge in [-0.05, 0) is 12.8 Å². The molecule has 0 aliphatic heterocycles. The van der Waals surface area contributed by atoms with E-state index in [1.807, 2.05) is 0 Å². The summed E-state index contributed by atoms with van der Waals surface area (Å²) in [6.07, 6.45) is 33.4. The molecule has 8 heteroatoms. The molecule has 0 saturated carbocycles. The fourth-order valence-corrected chi connectivity index (χ4v) is 5.93. The first-order valence-electron chi connectivity index (χ1n) is 20.0. The van der Waals surface area contributed by atoms with E-state index < -0.39 is 6.04 Å². The number of ether oxygens (including phenoxy) is 2. The monoisotopic (exact) mass is 670 g/mol. The van der Waals surface area contributed by atoms with Crippen LogP contribution < -0.4 is 5.73 Å². The van der Waals surface area contributed by atoms with Crippen molar-refractivity contribution in [1.82, 2.24) is 4.90 Å². The van der Waals surface area contributed by atoms with Gasteiger partial charge < -0.3 is 25.2 Å². The van der Waals surface area contributed by atoms with E-state index in [0.29, 0.717) is 12.8 Å². The van der Waals surface area contributed by atoms with Gasteiger partial charge in [0.05, 0.1) is 13.1 Å². The van der Waals surface area contributed by atoms with Gasteiger partial charge in [0.15, 0.2) is 6.04 Å². The average Bonchev–Trinajstić information content (AvgIpc) is 3.07. The van der Waals surface area contributed by atoms with Gasteiger partial charge in [-0.1, -0.05) is 168 Å². The minimum absolute atomic E-state index is 0.0775. The Bertz CT molecular complexity index is 672. The molecule has 0 aromatic rings. The zero-order valence-electron chi connectivity index (χ0n) is 31.1.